The molecular formula is C15H14BrN3O3. The summed E-state index contributed by atoms with van der Waals surface area (Å²) in [6, 6.07) is 13.2. The van der Waals surface area contributed by atoms with E-state index in [0.29, 0.717) is 12.2 Å². The summed E-state index contributed by atoms with van der Waals surface area (Å²) >= 11 is 3.37. The van der Waals surface area contributed by atoms with Crippen LogP contribution < -0.4 is 10.2 Å². The quantitative estimate of drug-likeness (QED) is 0.502. The van der Waals surface area contributed by atoms with Crippen LogP contribution in [-0.2, 0) is 0 Å². The summed E-state index contributed by atoms with van der Waals surface area (Å²) in [5.41, 5.74) is 1.31. The Morgan fingerprint density at radius 1 is 1.18 bits per heavy atom. The Morgan fingerprint density at radius 2 is 1.77 bits per heavy atom. The van der Waals surface area contributed by atoms with Gasteiger partial charge in [-0.05, 0) is 36.4 Å². The lowest BCUT2D eigenvalue weighted by molar-refractivity contribution is -0.384. The van der Waals surface area contributed by atoms with Crippen molar-refractivity contribution in [3.63, 3.8) is 0 Å². The van der Waals surface area contributed by atoms with Gasteiger partial charge in [0.1, 0.15) is 0 Å². The molecule has 0 aliphatic carbocycles. The smallest absolute Gasteiger partial charge is 0.269 e. The minimum absolute atomic E-state index is 0.0384. The van der Waals surface area contributed by atoms with Gasteiger partial charge in [0.2, 0.25) is 0 Å². The second-order valence-corrected chi connectivity index (χ2v) is 5.56. The Morgan fingerprint density at radius 3 is 2.32 bits per heavy atom. The van der Waals surface area contributed by atoms with Gasteiger partial charge < -0.3 is 10.2 Å². The Hall–Kier alpha value is -2.41. The minimum Gasteiger partial charge on any atom is -0.357 e. The van der Waals surface area contributed by atoms with E-state index in [0.717, 1.165) is 10.2 Å². The number of carbonyl (C=O) groups excluding carboxylic acids is 1. The molecule has 2 aromatic carbocycles. The number of anilines is 1. The first-order chi connectivity index (χ1) is 10.5. The van der Waals surface area contributed by atoms with Gasteiger partial charge in [0.15, 0.2) is 0 Å². The molecule has 6 nitrogen and oxygen atoms in total. The fourth-order valence-electron chi connectivity index (χ4n) is 1.81. The molecule has 0 aliphatic heterocycles. The molecule has 7 heteroatoms. The Balaban J connectivity index is 1.94. The third-order valence-corrected chi connectivity index (χ3v) is 3.61. The minimum atomic E-state index is -0.497. The fraction of sp³-hybridized carbons (Fsp3) is 0.133. The molecule has 2 rings (SSSR count). The summed E-state index contributed by atoms with van der Waals surface area (Å²) in [5, 5.41) is 13.3. The van der Waals surface area contributed by atoms with Crippen LogP contribution in [0.2, 0.25) is 0 Å². The largest absolute Gasteiger partial charge is 0.357 e. The topological polar surface area (TPSA) is 75.5 Å². The molecule has 1 amide bonds. The number of carbonyl (C=O) groups is 1. The average molecular weight is 364 g/mol. The Kier molecular flexibility index (Phi) is 5.11. The fourth-order valence-corrected chi connectivity index (χ4v) is 2.08. The molecule has 0 atom stereocenters. The van der Waals surface area contributed by atoms with Gasteiger partial charge in [0, 0.05) is 34.9 Å². The van der Waals surface area contributed by atoms with E-state index in [4.69, 9.17) is 0 Å². The number of benzene rings is 2. The van der Waals surface area contributed by atoms with E-state index in [1.807, 2.05) is 36.2 Å². The standard InChI is InChI=1S/C15H14BrN3O3/c1-18(13-8-4-12(16)5-9-13)10-17-15(20)11-2-6-14(7-3-11)19(21)22/h2-9H,10H2,1H3,(H,17,20). The molecule has 2 aromatic rings. The van der Waals surface area contributed by atoms with Crippen molar-refractivity contribution < 1.29 is 9.72 Å². The molecule has 0 saturated heterocycles. The lowest BCUT2D eigenvalue weighted by atomic mass is 10.2. The van der Waals surface area contributed by atoms with Gasteiger partial charge in [0.05, 0.1) is 11.6 Å². The molecule has 0 bridgehead atoms. The predicted octanol–water partition coefficient (Wildman–Crippen LogP) is 3.18. The van der Waals surface area contributed by atoms with Crippen LogP contribution in [0.4, 0.5) is 11.4 Å². The highest BCUT2D eigenvalue weighted by molar-refractivity contribution is 9.10. The zero-order chi connectivity index (χ0) is 16.1. The van der Waals surface area contributed by atoms with E-state index < -0.39 is 4.92 Å². The zero-order valence-electron chi connectivity index (χ0n) is 11.8. The second kappa shape index (κ2) is 7.04. The molecule has 0 spiro atoms. The first-order valence-corrected chi connectivity index (χ1v) is 7.26. The summed E-state index contributed by atoms with van der Waals surface area (Å²) in [4.78, 5) is 24.0. The summed E-state index contributed by atoms with van der Waals surface area (Å²) in [6.07, 6.45) is 0. The number of nitro groups is 1. The molecule has 0 fully saturated rings. The van der Waals surface area contributed by atoms with Gasteiger partial charge in [-0.15, -0.1) is 0 Å². The number of nitro benzene ring substituents is 1. The van der Waals surface area contributed by atoms with Gasteiger partial charge in [-0.25, -0.2) is 0 Å². The number of hydrogen-bond donors (Lipinski definition) is 1. The SMILES string of the molecule is CN(CNC(=O)c1ccc([N+](=O)[O-])cc1)c1ccc(Br)cc1. The van der Waals surface area contributed by atoms with Crippen molar-refractivity contribution in [2.45, 2.75) is 0 Å². The highest BCUT2D eigenvalue weighted by atomic mass is 79.9. The molecule has 114 valence electrons. The molecule has 0 saturated carbocycles. The first kappa shape index (κ1) is 16.0. The van der Waals surface area contributed by atoms with Gasteiger partial charge in [-0.1, -0.05) is 15.9 Å². The van der Waals surface area contributed by atoms with Crippen molar-refractivity contribution in [1.29, 1.82) is 0 Å². The maximum absolute atomic E-state index is 12.0. The van der Waals surface area contributed by atoms with E-state index >= 15 is 0 Å². The van der Waals surface area contributed by atoms with Crippen LogP contribution in [-0.4, -0.2) is 24.5 Å². The van der Waals surface area contributed by atoms with Crippen molar-refractivity contribution in [1.82, 2.24) is 5.32 Å². The normalized spacial score (nSPS) is 10.1. The molecule has 0 aliphatic rings. The summed E-state index contributed by atoms with van der Waals surface area (Å²) in [5.74, 6) is -0.279. The highest BCUT2D eigenvalue weighted by Gasteiger charge is 2.10. The number of nitrogens with one attached hydrogen (secondary N) is 1. The molecule has 0 aromatic heterocycles. The van der Waals surface area contributed by atoms with Crippen LogP contribution in [0, 0.1) is 10.1 Å². The van der Waals surface area contributed by atoms with Crippen molar-refractivity contribution >= 4 is 33.2 Å². The molecule has 1 N–H and O–H groups in total. The monoisotopic (exact) mass is 363 g/mol. The molecule has 0 radical (unpaired) electrons. The number of halogens is 1. The van der Waals surface area contributed by atoms with E-state index in [1.54, 1.807) is 0 Å². The lowest BCUT2D eigenvalue weighted by Crippen LogP contribution is -2.35. The number of hydrogen-bond acceptors (Lipinski definition) is 4. The third-order valence-electron chi connectivity index (χ3n) is 3.08. The van der Waals surface area contributed by atoms with Crippen molar-refractivity contribution in [2.24, 2.45) is 0 Å². The lowest BCUT2D eigenvalue weighted by Gasteiger charge is -2.19. The third kappa shape index (κ3) is 4.05. The molecule has 0 heterocycles. The van der Waals surface area contributed by atoms with Crippen LogP contribution in [0.5, 0.6) is 0 Å². The van der Waals surface area contributed by atoms with E-state index in [9.17, 15) is 14.9 Å². The average Bonchev–Trinajstić information content (AvgIpc) is 2.53. The second-order valence-electron chi connectivity index (χ2n) is 4.64. The highest BCUT2D eigenvalue weighted by Crippen LogP contribution is 2.17. The van der Waals surface area contributed by atoms with E-state index in [-0.39, 0.29) is 11.6 Å². The van der Waals surface area contributed by atoms with Crippen LogP contribution in [0.15, 0.2) is 53.0 Å². The maximum Gasteiger partial charge on any atom is 0.269 e. The first-order valence-electron chi connectivity index (χ1n) is 6.47. The summed E-state index contributed by atoms with van der Waals surface area (Å²) < 4.78 is 0.986. The van der Waals surface area contributed by atoms with E-state index in [1.165, 1.54) is 24.3 Å². The van der Waals surface area contributed by atoms with Crippen LogP contribution in [0.25, 0.3) is 0 Å². The van der Waals surface area contributed by atoms with Gasteiger partial charge in [-0.2, -0.15) is 0 Å². The maximum atomic E-state index is 12.0. The molecule has 22 heavy (non-hydrogen) atoms. The van der Waals surface area contributed by atoms with Gasteiger partial charge in [0.25, 0.3) is 11.6 Å². The summed E-state index contributed by atoms with van der Waals surface area (Å²) in [7, 11) is 1.86. The number of rotatable bonds is 5. The van der Waals surface area contributed by atoms with Crippen LogP contribution in [0.1, 0.15) is 10.4 Å². The zero-order valence-corrected chi connectivity index (χ0v) is 13.4. The Bertz CT molecular complexity index is 671. The number of amides is 1. The van der Waals surface area contributed by atoms with Crippen molar-refractivity contribution in [2.75, 3.05) is 18.6 Å². The van der Waals surface area contributed by atoms with Crippen molar-refractivity contribution in [3.05, 3.63) is 68.7 Å². The Labute approximate surface area is 136 Å². The van der Waals surface area contributed by atoms with Gasteiger partial charge in [-0.3, -0.25) is 14.9 Å². The van der Waals surface area contributed by atoms with Gasteiger partial charge >= 0.3 is 0 Å². The summed E-state index contributed by atoms with van der Waals surface area (Å²) in [6.45, 7) is 0.331. The van der Waals surface area contributed by atoms with Crippen molar-refractivity contribution in [3.8, 4) is 0 Å². The predicted molar refractivity (Wildman–Crippen MR) is 88.0 cm³/mol. The number of non-ortho nitro benzene ring substituents is 1. The van der Waals surface area contributed by atoms with E-state index in [2.05, 4.69) is 21.2 Å². The molecule has 0 unspecified atom stereocenters. The van der Waals surface area contributed by atoms with Crippen LogP contribution in [0.3, 0.4) is 0 Å². The molecular weight excluding hydrogens is 350 g/mol. The van der Waals surface area contributed by atoms with Crippen LogP contribution >= 0.6 is 15.9 Å². The number of nitrogens with zero attached hydrogens (tertiary/aromatic N) is 2.